The first-order chi connectivity index (χ1) is 8.34. The second-order valence-electron chi connectivity index (χ2n) is 5.63. The van der Waals surface area contributed by atoms with Gasteiger partial charge in [0.05, 0.1) is 12.1 Å². The molecule has 0 bridgehead atoms. The molecule has 0 aliphatic rings. The first-order valence-electron chi connectivity index (χ1n) is 6.36. The van der Waals surface area contributed by atoms with Gasteiger partial charge in [0.25, 0.3) is 0 Å². The van der Waals surface area contributed by atoms with Gasteiger partial charge in [-0.2, -0.15) is 5.10 Å². The van der Waals surface area contributed by atoms with Gasteiger partial charge in [0.1, 0.15) is 0 Å². The third-order valence-electron chi connectivity index (χ3n) is 2.85. The van der Waals surface area contributed by atoms with Crippen molar-refractivity contribution in [1.29, 1.82) is 0 Å². The molecule has 1 unspecified atom stereocenters. The van der Waals surface area contributed by atoms with E-state index in [1.807, 2.05) is 19.9 Å². The van der Waals surface area contributed by atoms with E-state index in [4.69, 9.17) is 5.73 Å². The fourth-order valence-corrected chi connectivity index (χ4v) is 2.20. The number of aromatic nitrogens is 2. The number of nitrogens with two attached hydrogens (primary N) is 1. The molecule has 102 valence electrons. The van der Waals surface area contributed by atoms with Crippen LogP contribution in [0.4, 0.5) is 0 Å². The van der Waals surface area contributed by atoms with Crippen LogP contribution in [0.25, 0.3) is 0 Å². The maximum Gasteiger partial charge on any atom is 0.226 e. The van der Waals surface area contributed by atoms with Gasteiger partial charge in [0, 0.05) is 17.8 Å². The van der Waals surface area contributed by atoms with Crippen LogP contribution in [0.15, 0.2) is 6.07 Å². The molecule has 1 atom stereocenters. The molecule has 0 aliphatic heterocycles. The highest BCUT2D eigenvalue weighted by molar-refractivity contribution is 5.78. The number of rotatable bonds is 6. The summed E-state index contributed by atoms with van der Waals surface area (Å²) in [4.78, 5) is 12.0. The van der Waals surface area contributed by atoms with Crippen LogP contribution in [0.2, 0.25) is 0 Å². The number of amides is 1. The number of aromatic amines is 1. The number of hydrogen-bond acceptors (Lipinski definition) is 3. The molecular weight excluding hydrogens is 228 g/mol. The molecule has 1 rings (SSSR count). The molecule has 0 aromatic carbocycles. The Bertz CT molecular complexity index is 399. The van der Waals surface area contributed by atoms with Crippen molar-refractivity contribution in [2.75, 3.05) is 6.54 Å². The van der Waals surface area contributed by atoms with Gasteiger partial charge in [-0.05, 0) is 32.3 Å². The Morgan fingerprint density at radius 1 is 1.61 bits per heavy atom. The first kappa shape index (κ1) is 14.7. The Morgan fingerprint density at radius 2 is 2.28 bits per heavy atom. The van der Waals surface area contributed by atoms with E-state index in [1.54, 1.807) is 0 Å². The molecule has 0 fully saturated rings. The number of H-pyrrole nitrogens is 1. The van der Waals surface area contributed by atoms with E-state index in [9.17, 15) is 4.79 Å². The minimum absolute atomic E-state index is 0.0323. The van der Waals surface area contributed by atoms with Gasteiger partial charge in [0.15, 0.2) is 0 Å². The van der Waals surface area contributed by atoms with Crippen molar-refractivity contribution in [2.24, 2.45) is 11.7 Å². The maximum absolute atomic E-state index is 12.0. The fourth-order valence-electron chi connectivity index (χ4n) is 2.20. The van der Waals surface area contributed by atoms with Gasteiger partial charge in [0.2, 0.25) is 5.91 Å². The van der Waals surface area contributed by atoms with Gasteiger partial charge in [-0.3, -0.25) is 9.89 Å². The van der Waals surface area contributed by atoms with E-state index in [1.165, 1.54) is 0 Å². The molecule has 18 heavy (non-hydrogen) atoms. The number of nitrogens with one attached hydrogen (secondary N) is 2. The summed E-state index contributed by atoms with van der Waals surface area (Å²) in [5.41, 5.74) is 7.15. The average molecular weight is 252 g/mol. The predicted molar refractivity (Wildman–Crippen MR) is 72.1 cm³/mol. The Balaban J connectivity index is 2.57. The summed E-state index contributed by atoms with van der Waals surface area (Å²) in [6, 6.07) is 1.88. The van der Waals surface area contributed by atoms with Gasteiger partial charge in [-0.15, -0.1) is 0 Å². The minimum atomic E-state index is -0.337. The molecule has 5 nitrogen and oxygen atoms in total. The third kappa shape index (κ3) is 4.49. The zero-order chi connectivity index (χ0) is 13.8. The van der Waals surface area contributed by atoms with Crippen molar-refractivity contribution < 1.29 is 4.79 Å². The van der Waals surface area contributed by atoms with E-state index in [2.05, 4.69) is 29.4 Å². The predicted octanol–water partition coefficient (Wildman–Crippen LogP) is 1.14. The van der Waals surface area contributed by atoms with Crippen LogP contribution in [0, 0.1) is 12.8 Å². The van der Waals surface area contributed by atoms with Crippen molar-refractivity contribution in [3.05, 3.63) is 17.5 Å². The molecule has 1 amide bonds. The second kappa shape index (κ2) is 6.00. The lowest BCUT2D eigenvalue weighted by Gasteiger charge is -2.31. The molecule has 1 aromatic rings. The number of nitrogens with zero attached hydrogens (tertiary/aromatic N) is 1. The summed E-state index contributed by atoms with van der Waals surface area (Å²) < 4.78 is 0. The number of carbonyl (C=O) groups excluding carboxylic acids is 1. The van der Waals surface area contributed by atoms with Crippen LogP contribution in [0.5, 0.6) is 0 Å². The Labute approximate surface area is 109 Å². The van der Waals surface area contributed by atoms with Gasteiger partial charge >= 0.3 is 0 Å². The van der Waals surface area contributed by atoms with Crippen molar-refractivity contribution >= 4 is 5.91 Å². The molecule has 0 saturated carbocycles. The van der Waals surface area contributed by atoms with Gasteiger partial charge in [-0.1, -0.05) is 13.8 Å². The molecule has 1 heterocycles. The van der Waals surface area contributed by atoms with Crippen LogP contribution >= 0.6 is 0 Å². The molecular formula is C13H24N4O. The molecule has 1 aromatic heterocycles. The highest BCUT2D eigenvalue weighted by atomic mass is 16.1. The summed E-state index contributed by atoms with van der Waals surface area (Å²) in [5, 5.41) is 9.90. The fraction of sp³-hybridized carbons (Fsp3) is 0.692. The van der Waals surface area contributed by atoms with Crippen LogP contribution in [-0.2, 0) is 11.2 Å². The standard InChI is InChI=1S/C13H24N4O/c1-9(2)7-13(4,8-14)15-12(18)6-11-5-10(3)16-17-11/h5,9H,6-8,14H2,1-4H3,(H,15,18)(H,16,17). The number of hydrogen-bond donors (Lipinski definition) is 3. The van der Waals surface area contributed by atoms with Crippen molar-refractivity contribution in [3.63, 3.8) is 0 Å². The van der Waals surface area contributed by atoms with E-state index in [0.29, 0.717) is 12.5 Å². The summed E-state index contributed by atoms with van der Waals surface area (Å²) in [6.07, 6.45) is 1.16. The Morgan fingerprint density at radius 3 is 2.72 bits per heavy atom. The van der Waals surface area contributed by atoms with E-state index >= 15 is 0 Å². The first-order valence-corrected chi connectivity index (χ1v) is 6.36. The second-order valence-corrected chi connectivity index (χ2v) is 5.63. The van der Waals surface area contributed by atoms with Gasteiger partial charge < -0.3 is 11.1 Å². The quantitative estimate of drug-likeness (QED) is 0.710. The van der Waals surface area contributed by atoms with Crippen molar-refractivity contribution in [2.45, 2.75) is 46.1 Å². The zero-order valence-electron chi connectivity index (χ0n) is 11.7. The van der Waals surface area contributed by atoms with Crippen LogP contribution in [0.1, 0.15) is 38.6 Å². The van der Waals surface area contributed by atoms with Crippen LogP contribution < -0.4 is 11.1 Å². The Hall–Kier alpha value is -1.36. The van der Waals surface area contributed by atoms with Crippen LogP contribution in [0.3, 0.4) is 0 Å². The van der Waals surface area contributed by atoms with Crippen LogP contribution in [-0.4, -0.2) is 28.2 Å². The lowest BCUT2D eigenvalue weighted by Crippen LogP contribution is -2.52. The normalized spacial score (nSPS) is 14.6. The summed E-state index contributed by atoms with van der Waals surface area (Å²) in [5.74, 6) is 0.460. The minimum Gasteiger partial charge on any atom is -0.349 e. The van der Waals surface area contributed by atoms with Crippen molar-refractivity contribution in [1.82, 2.24) is 15.5 Å². The molecule has 0 aliphatic carbocycles. The highest BCUT2D eigenvalue weighted by Crippen LogP contribution is 2.15. The number of carbonyl (C=O) groups is 1. The molecule has 0 saturated heterocycles. The highest BCUT2D eigenvalue weighted by Gasteiger charge is 2.25. The van der Waals surface area contributed by atoms with E-state index < -0.39 is 0 Å². The average Bonchev–Trinajstić information content (AvgIpc) is 2.62. The van der Waals surface area contributed by atoms with E-state index in [0.717, 1.165) is 17.8 Å². The monoisotopic (exact) mass is 252 g/mol. The van der Waals surface area contributed by atoms with E-state index in [-0.39, 0.29) is 17.9 Å². The molecule has 0 radical (unpaired) electrons. The largest absolute Gasteiger partial charge is 0.349 e. The molecule has 5 heteroatoms. The van der Waals surface area contributed by atoms with Crippen molar-refractivity contribution in [3.8, 4) is 0 Å². The summed E-state index contributed by atoms with van der Waals surface area (Å²) >= 11 is 0. The smallest absolute Gasteiger partial charge is 0.226 e. The third-order valence-corrected chi connectivity index (χ3v) is 2.85. The maximum atomic E-state index is 12.0. The molecule has 4 N–H and O–H groups in total. The van der Waals surface area contributed by atoms with Gasteiger partial charge in [-0.25, -0.2) is 0 Å². The number of aryl methyl sites for hydroxylation is 1. The lowest BCUT2D eigenvalue weighted by molar-refractivity contribution is -0.122. The summed E-state index contributed by atoms with van der Waals surface area (Å²) in [6.45, 7) is 8.59. The Kier molecular flexibility index (Phi) is 4.90. The molecule has 0 spiro atoms. The SMILES string of the molecule is Cc1cc(CC(=O)NC(C)(CN)CC(C)C)n[nH]1. The topological polar surface area (TPSA) is 83.8 Å². The summed E-state index contributed by atoms with van der Waals surface area (Å²) in [7, 11) is 0. The lowest BCUT2D eigenvalue weighted by atomic mass is 9.90. The zero-order valence-corrected chi connectivity index (χ0v) is 11.7.